The summed E-state index contributed by atoms with van der Waals surface area (Å²) in [6, 6.07) is 15.7. The van der Waals surface area contributed by atoms with Crippen molar-refractivity contribution in [2.24, 2.45) is 5.41 Å². The summed E-state index contributed by atoms with van der Waals surface area (Å²) in [5.41, 5.74) is 2.06. The van der Waals surface area contributed by atoms with Crippen molar-refractivity contribution >= 4 is 29.3 Å². The lowest BCUT2D eigenvalue weighted by Gasteiger charge is -2.52. The van der Waals surface area contributed by atoms with E-state index in [0.29, 0.717) is 23.1 Å². The first-order valence-electron chi connectivity index (χ1n) is 9.86. The van der Waals surface area contributed by atoms with Crippen LogP contribution in [0.3, 0.4) is 0 Å². The second kappa shape index (κ2) is 8.55. The molecule has 2 unspecified atom stereocenters. The van der Waals surface area contributed by atoms with Gasteiger partial charge in [0.05, 0.1) is 12.1 Å². The van der Waals surface area contributed by atoms with Crippen molar-refractivity contribution < 1.29 is 9.90 Å². The van der Waals surface area contributed by atoms with Gasteiger partial charge in [0.15, 0.2) is 0 Å². The number of carboxylic acid groups (broad SMARTS) is 1. The van der Waals surface area contributed by atoms with E-state index in [1.165, 1.54) is 0 Å². The van der Waals surface area contributed by atoms with Crippen LogP contribution in [0.25, 0.3) is 0 Å². The number of hydrogen-bond donors (Lipinski definition) is 1. The number of carbonyl (C=O) groups is 1. The molecule has 0 aromatic heterocycles. The normalized spacial score (nSPS) is 20.9. The van der Waals surface area contributed by atoms with Gasteiger partial charge < -0.3 is 10.0 Å². The maximum atomic E-state index is 11.9. The van der Waals surface area contributed by atoms with Crippen LogP contribution in [0.2, 0.25) is 10.0 Å². The highest BCUT2D eigenvalue weighted by Gasteiger charge is 2.45. The Kier molecular flexibility index (Phi) is 6.47. The molecule has 0 spiro atoms. The van der Waals surface area contributed by atoms with E-state index in [-0.39, 0.29) is 23.5 Å². The van der Waals surface area contributed by atoms with E-state index in [9.17, 15) is 9.90 Å². The maximum Gasteiger partial charge on any atom is 0.407 e. The van der Waals surface area contributed by atoms with Crippen LogP contribution in [0.4, 0.5) is 4.79 Å². The number of nitrogens with zero attached hydrogens (tertiary/aromatic N) is 2. The molecule has 2 atom stereocenters. The largest absolute Gasteiger partial charge is 0.465 e. The molecule has 1 saturated heterocycles. The molecule has 0 radical (unpaired) electrons. The SMILES string of the molecule is CC1C(C(C)(C)C)N(C(=O)O)CCN1C(c1ccc(Cl)cc1)c1ccc(Cl)cc1. The van der Waals surface area contributed by atoms with Crippen molar-refractivity contribution in [1.29, 1.82) is 0 Å². The summed E-state index contributed by atoms with van der Waals surface area (Å²) in [7, 11) is 0. The van der Waals surface area contributed by atoms with Gasteiger partial charge in [-0.15, -0.1) is 0 Å². The number of halogens is 2. The number of piperazine rings is 1. The van der Waals surface area contributed by atoms with Crippen LogP contribution in [0.5, 0.6) is 0 Å². The summed E-state index contributed by atoms with van der Waals surface area (Å²) in [5.74, 6) is 0. The quantitative estimate of drug-likeness (QED) is 0.626. The summed E-state index contributed by atoms with van der Waals surface area (Å²) < 4.78 is 0. The van der Waals surface area contributed by atoms with Gasteiger partial charge in [0.25, 0.3) is 0 Å². The maximum absolute atomic E-state index is 11.9. The summed E-state index contributed by atoms with van der Waals surface area (Å²) in [4.78, 5) is 15.9. The van der Waals surface area contributed by atoms with Gasteiger partial charge in [-0.1, -0.05) is 68.2 Å². The predicted molar refractivity (Wildman–Crippen MR) is 119 cm³/mol. The highest BCUT2D eigenvalue weighted by Crippen LogP contribution is 2.39. The standard InChI is InChI=1S/C23H28Cl2N2O2/c1-15-21(23(2,3)4)27(22(28)29)14-13-26(15)20(16-5-9-18(24)10-6-16)17-7-11-19(25)12-8-17/h5-12,15,20-21H,13-14H2,1-4H3,(H,28,29). The smallest absolute Gasteiger partial charge is 0.407 e. The van der Waals surface area contributed by atoms with Crippen molar-refractivity contribution in [2.45, 2.75) is 45.8 Å². The molecule has 2 aromatic rings. The third-order valence-electron chi connectivity index (χ3n) is 5.75. The van der Waals surface area contributed by atoms with Crippen LogP contribution in [-0.2, 0) is 0 Å². The van der Waals surface area contributed by atoms with Gasteiger partial charge >= 0.3 is 6.09 Å². The Hall–Kier alpha value is -1.75. The van der Waals surface area contributed by atoms with E-state index in [4.69, 9.17) is 23.2 Å². The first kappa shape index (κ1) is 21.9. The Balaban J connectivity index is 2.06. The van der Waals surface area contributed by atoms with E-state index in [0.717, 1.165) is 11.1 Å². The molecule has 1 amide bonds. The molecule has 4 nitrogen and oxygen atoms in total. The molecule has 0 bridgehead atoms. The van der Waals surface area contributed by atoms with Crippen molar-refractivity contribution in [3.63, 3.8) is 0 Å². The minimum atomic E-state index is -0.856. The lowest BCUT2D eigenvalue weighted by Crippen LogP contribution is -2.64. The first-order valence-corrected chi connectivity index (χ1v) is 10.6. The number of amides is 1. The second-order valence-electron chi connectivity index (χ2n) is 8.77. The van der Waals surface area contributed by atoms with Crippen LogP contribution in [0, 0.1) is 5.41 Å². The van der Waals surface area contributed by atoms with Crippen LogP contribution in [0.1, 0.15) is 44.9 Å². The molecule has 1 fully saturated rings. The summed E-state index contributed by atoms with van der Waals surface area (Å²) in [6.07, 6.45) is -0.856. The minimum absolute atomic E-state index is 0.0136. The summed E-state index contributed by atoms with van der Waals surface area (Å²) >= 11 is 12.3. The molecular weight excluding hydrogens is 407 g/mol. The Morgan fingerprint density at radius 3 is 1.79 bits per heavy atom. The van der Waals surface area contributed by atoms with E-state index < -0.39 is 6.09 Å². The molecule has 29 heavy (non-hydrogen) atoms. The zero-order chi connectivity index (χ0) is 21.3. The molecule has 1 N–H and O–H groups in total. The number of rotatable bonds is 3. The lowest BCUT2D eigenvalue weighted by atomic mass is 9.79. The molecular formula is C23H28Cl2N2O2. The highest BCUT2D eigenvalue weighted by molar-refractivity contribution is 6.30. The van der Waals surface area contributed by atoms with Crippen molar-refractivity contribution in [3.8, 4) is 0 Å². The van der Waals surface area contributed by atoms with Crippen molar-refractivity contribution in [1.82, 2.24) is 9.80 Å². The van der Waals surface area contributed by atoms with Gasteiger partial charge in [0, 0.05) is 29.2 Å². The number of benzene rings is 2. The van der Waals surface area contributed by atoms with Gasteiger partial charge in [-0.05, 0) is 47.7 Å². The van der Waals surface area contributed by atoms with E-state index in [2.05, 4.69) is 32.6 Å². The van der Waals surface area contributed by atoms with Gasteiger partial charge in [0.2, 0.25) is 0 Å². The van der Waals surface area contributed by atoms with Crippen LogP contribution in [-0.4, -0.2) is 46.2 Å². The predicted octanol–water partition coefficient (Wildman–Crippen LogP) is 6.18. The summed E-state index contributed by atoms with van der Waals surface area (Å²) in [5, 5.41) is 11.2. The fraction of sp³-hybridized carbons (Fsp3) is 0.435. The highest BCUT2D eigenvalue weighted by atomic mass is 35.5. The fourth-order valence-corrected chi connectivity index (χ4v) is 4.90. The first-order chi connectivity index (χ1) is 13.6. The Morgan fingerprint density at radius 2 is 1.41 bits per heavy atom. The molecule has 1 aliphatic heterocycles. The molecule has 3 rings (SSSR count). The number of hydrogen-bond acceptors (Lipinski definition) is 2. The summed E-state index contributed by atoms with van der Waals surface area (Å²) in [6.45, 7) is 9.56. The van der Waals surface area contributed by atoms with E-state index in [1.807, 2.05) is 48.5 Å². The Morgan fingerprint density at radius 1 is 0.966 bits per heavy atom. The minimum Gasteiger partial charge on any atom is -0.465 e. The van der Waals surface area contributed by atoms with Crippen molar-refractivity contribution in [3.05, 3.63) is 69.7 Å². The molecule has 2 aromatic carbocycles. The monoisotopic (exact) mass is 434 g/mol. The molecule has 156 valence electrons. The van der Waals surface area contributed by atoms with Crippen molar-refractivity contribution in [2.75, 3.05) is 13.1 Å². The second-order valence-corrected chi connectivity index (χ2v) is 9.64. The van der Waals surface area contributed by atoms with Gasteiger partial charge in [-0.2, -0.15) is 0 Å². The Bertz CT molecular complexity index is 801. The van der Waals surface area contributed by atoms with E-state index in [1.54, 1.807) is 4.90 Å². The topological polar surface area (TPSA) is 43.8 Å². The zero-order valence-electron chi connectivity index (χ0n) is 17.3. The third-order valence-corrected chi connectivity index (χ3v) is 6.26. The Labute approximate surface area is 183 Å². The molecule has 1 heterocycles. The van der Waals surface area contributed by atoms with Gasteiger partial charge in [-0.25, -0.2) is 4.79 Å². The van der Waals surface area contributed by atoms with Crippen LogP contribution < -0.4 is 0 Å². The fourth-order valence-electron chi connectivity index (χ4n) is 4.64. The molecule has 6 heteroatoms. The van der Waals surface area contributed by atoms with Gasteiger partial charge in [0.1, 0.15) is 0 Å². The lowest BCUT2D eigenvalue weighted by molar-refractivity contribution is -0.0268. The third kappa shape index (κ3) is 4.71. The average Bonchev–Trinajstić information content (AvgIpc) is 2.64. The molecule has 0 saturated carbocycles. The van der Waals surface area contributed by atoms with Crippen LogP contribution >= 0.6 is 23.2 Å². The van der Waals surface area contributed by atoms with E-state index >= 15 is 0 Å². The van der Waals surface area contributed by atoms with Gasteiger partial charge in [-0.3, -0.25) is 4.90 Å². The zero-order valence-corrected chi connectivity index (χ0v) is 18.8. The van der Waals surface area contributed by atoms with Crippen LogP contribution in [0.15, 0.2) is 48.5 Å². The molecule has 0 aliphatic carbocycles. The average molecular weight is 435 g/mol. The molecule has 1 aliphatic rings.